The van der Waals surface area contributed by atoms with Crippen molar-refractivity contribution in [1.29, 1.82) is 0 Å². The van der Waals surface area contributed by atoms with E-state index in [0.29, 0.717) is 12.8 Å². The largest absolute Gasteiger partial charge is 0.454 e. The fraction of sp³-hybridized carbons (Fsp3) is 0.519. The normalized spacial score (nSPS) is 20.9. The molecule has 3 aliphatic rings. The summed E-state index contributed by atoms with van der Waals surface area (Å²) in [5.74, 6) is 1.67. The van der Waals surface area contributed by atoms with E-state index < -0.39 is 0 Å². The van der Waals surface area contributed by atoms with Crippen molar-refractivity contribution < 1.29 is 9.47 Å². The summed E-state index contributed by atoms with van der Waals surface area (Å²) in [6.07, 6.45) is 3.42. The zero-order valence-electron chi connectivity index (χ0n) is 20.7. The van der Waals surface area contributed by atoms with Crippen molar-refractivity contribution in [3.63, 3.8) is 0 Å². The first-order chi connectivity index (χ1) is 17.1. The minimum Gasteiger partial charge on any atom is -0.454 e. The van der Waals surface area contributed by atoms with Crippen LogP contribution in [0.1, 0.15) is 24.1 Å². The van der Waals surface area contributed by atoms with Gasteiger partial charge in [-0.15, -0.1) is 0 Å². The Hall–Kier alpha value is -2.48. The molecule has 3 aliphatic heterocycles. The summed E-state index contributed by atoms with van der Waals surface area (Å²) in [7, 11) is 2.23. The molecule has 1 atom stereocenters. The number of piperazine rings is 1. The summed E-state index contributed by atoms with van der Waals surface area (Å²) in [5, 5.41) is 7.17. The zero-order chi connectivity index (χ0) is 23.9. The molecular weight excluding hydrogens is 462 g/mol. The highest BCUT2D eigenvalue weighted by Crippen LogP contribution is 2.38. The molecule has 2 saturated heterocycles. The van der Waals surface area contributed by atoms with Gasteiger partial charge in [-0.1, -0.05) is 17.7 Å². The van der Waals surface area contributed by atoms with Crippen LogP contribution in [0, 0.1) is 6.92 Å². The van der Waals surface area contributed by atoms with Crippen molar-refractivity contribution in [3.8, 4) is 11.5 Å². The number of anilines is 1. The number of hydrogen-bond acceptors (Lipinski definition) is 6. The van der Waals surface area contributed by atoms with Crippen LogP contribution in [0.15, 0.2) is 30.3 Å². The third-order valence-electron chi connectivity index (χ3n) is 7.99. The lowest BCUT2D eigenvalue weighted by Gasteiger charge is -2.36. The second-order valence-electron chi connectivity index (χ2n) is 10.1. The van der Waals surface area contributed by atoms with E-state index in [1.165, 1.54) is 36.0 Å². The maximum absolute atomic E-state index is 6.36. The minimum atomic E-state index is 0.298. The molecule has 1 aromatic heterocycles. The highest BCUT2D eigenvalue weighted by Gasteiger charge is 2.26. The lowest BCUT2D eigenvalue weighted by atomic mass is 10.1. The SMILES string of the molecule is Cc1c(Cl)cccc1N1CCN(CCc2nn(CC3CCCN3C)c3cc4c(cc23)OCO4)CC1. The first-order valence-electron chi connectivity index (χ1n) is 12.8. The first kappa shape index (κ1) is 23.0. The van der Waals surface area contributed by atoms with Crippen molar-refractivity contribution in [3.05, 3.63) is 46.6 Å². The van der Waals surface area contributed by atoms with Crippen LogP contribution in [0.4, 0.5) is 5.69 Å². The topological polar surface area (TPSA) is 46.0 Å². The van der Waals surface area contributed by atoms with E-state index in [0.717, 1.165) is 73.4 Å². The van der Waals surface area contributed by atoms with E-state index in [4.69, 9.17) is 26.2 Å². The van der Waals surface area contributed by atoms with E-state index in [9.17, 15) is 0 Å². The van der Waals surface area contributed by atoms with Crippen LogP contribution in [0.2, 0.25) is 5.02 Å². The number of likely N-dealkylation sites (tertiary alicyclic amines) is 1. The van der Waals surface area contributed by atoms with E-state index in [-0.39, 0.29) is 0 Å². The molecule has 0 amide bonds. The van der Waals surface area contributed by atoms with E-state index in [1.807, 2.05) is 12.1 Å². The quantitative estimate of drug-likeness (QED) is 0.511. The van der Waals surface area contributed by atoms with E-state index in [1.54, 1.807) is 0 Å². The Labute approximate surface area is 212 Å². The summed E-state index contributed by atoms with van der Waals surface area (Å²) in [6.45, 7) is 9.63. The molecule has 8 heteroatoms. The zero-order valence-corrected chi connectivity index (χ0v) is 21.4. The minimum absolute atomic E-state index is 0.298. The molecular formula is C27H34ClN5O2. The van der Waals surface area contributed by atoms with Crippen molar-refractivity contribution in [2.24, 2.45) is 0 Å². The Morgan fingerprint density at radius 2 is 1.86 bits per heavy atom. The standard InChI is InChI=1S/C27H34ClN5O2/c1-19-22(28)6-3-7-24(19)32-13-11-31(12-14-32)10-8-23-21-15-26-27(35-18-34-26)16-25(21)33(29-23)17-20-5-4-9-30(20)2/h3,6-7,15-16,20H,4-5,8-14,17-18H2,1-2H3. The highest BCUT2D eigenvalue weighted by molar-refractivity contribution is 6.31. The van der Waals surface area contributed by atoms with Gasteiger partial charge < -0.3 is 19.3 Å². The summed E-state index contributed by atoms with van der Waals surface area (Å²) in [6, 6.07) is 11.0. The molecule has 2 fully saturated rings. The molecule has 0 spiro atoms. The van der Waals surface area contributed by atoms with Crippen molar-refractivity contribution >= 4 is 28.2 Å². The van der Waals surface area contributed by atoms with Gasteiger partial charge >= 0.3 is 0 Å². The van der Waals surface area contributed by atoms with Crippen molar-refractivity contribution in [2.75, 3.05) is 58.0 Å². The third-order valence-corrected chi connectivity index (χ3v) is 8.40. The van der Waals surface area contributed by atoms with Gasteiger partial charge in [0.1, 0.15) is 0 Å². The molecule has 0 bridgehead atoms. The van der Waals surface area contributed by atoms with Crippen LogP contribution in [-0.4, -0.2) is 78.7 Å². The number of halogens is 1. The van der Waals surface area contributed by atoms with E-state index >= 15 is 0 Å². The molecule has 35 heavy (non-hydrogen) atoms. The maximum Gasteiger partial charge on any atom is 0.231 e. The number of aromatic nitrogens is 2. The third kappa shape index (κ3) is 4.46. The molecule has 4 heterocycles. The Balaban J connectivity index is 1.16. The fourth-order valence-corrected chi connectivity index (χ4v) is 5.95. The highest BCUT2D eigenvalue weighted by atomic mass is 35.5. The Bertz CT molecular complexity index is 1220. The number of nitrogens with zero attached hydrogens (tertiary/aromatic N) is 5. The average Bonchev–Trinajstić information content (AvgIpc) is 3.58. The van der Waals surface area contributed by atoms with Crippen molar-refractivity contribution in [2.45, 2.75) is 38.8 Å². The van der Waals surface area contributed by atoms with Gasteiger partial charge in [0.05, 0.1) is 17.8 Å². The summed E-state index contributed by atoms with van der Waals surface area (Å²) >= 11 is 6.36. The number of fused-ring (bicyclic) bond motifs is 2. The molecule has 1 unspecified atom stereocenters. The van der Waals surface area contributed by atoms with Gasteiger partial charge in [0.25, 0.3) is 0 Å². The monoisotopic (exact) mass is 495 g/mol. The lowest BCUT2D eigenvalue weighted by molar-refractivity contribution is 0.174. The molecule has 0 saturated carbocycles. The van der Waals surface area contributed by atoms with Crippen LogP contribution < -0.4 is 14.4 Å². The first-order valence-corrected chi connectivity index (χ1v) is 13.2. The molecule has 0 N–H and O–H groups in total. The Morgan fingerprint density at radius 1 is 1.06 bits per heavy atom. The molecule has 186 valence electrons. The van der Waals surface area contributed by atoms with Crippen LogP contribution >= 0.6 is 11.6 Å². The molecule has 6 rings (SSSR count). The van der Waals surface area contributed by atoms with Gasteiger partial charge in [0, 0.05) is 67.3 Å². The summed E-state index contributed by atoms with van der Waals surface area (Å²) < 4.78 is 13.6. The molecule has 0 aliphatic carbocycles. The van der Waals surface area contributed by atoms with Crippen LogP contribution in [-0.2, 0) is 13.0 Å². The number of benzene rings is 2. The van der Waals surface area contributed by atoms with Crippen molar-refractivity contribution in [1.82, 2.24) is 19.6 Å². The smallest absolute Gasteiger partial charge is 0.231 e. The van der Waals surface area contributed by atoms with Crippen LogP contribution in [0.5, 0.6) is 11.5 Å². The Kier molecular flexibility index (Phi) is 6.25. The fourth-order valence-electron chi connectivity index (χ4n) is 5.78. The van der Waals surface area contributed by atoms with Gasteiger partial charge in [0.2, 0.25) is 6.79 Å². The van der Waals surface area contributed by atoms with Gasteiger partial charge in [-0.2, -0.15) is 5.10 Å². The number of likely N-dealkylation sites (N-methyl/N-ethyl adjacent to an activating group) is 1. The number of ether oxygens (including phenoxy) is 2. The van der Waals surface area contributed by atoms with E-state index in [2.05, 4.69) is 51.6 Å². The van der Waals surface area contributed by atoms with Gasteiger partial charge in [-0.05, 0) is 57.1 Å². The second-order valence-corrected chi connectivity index (χ2v) is 10.5. The summed E-state index contributed by atoms with van der Waals surface area (Å²) in [5.41, 5.74) is 4.75. The molecule has 0 radical (unpaired) electrons. The molecule has 2 aromatic carbocycles. The van der Waals surface area contributed by atoms with Gasteiger partial charge in [-0.3, -0.25) is 9.58 Å². The summed E-state index contributed by atoms with van der Waals surface area (Å²) in [4.78, 5) is 7.47. The average molecular weight is 496 g/mol. The Morgan fingerprint density at radius 3 is 2.63 bits per heavy atom. The molecule has 3 aromatic rings. The van der Waals surface area contributed by atoms with Gasteiger partial charge in [0.15, 0.2) is 11.5 Å². The second kappa shape index (κ2) is 9.52. The van der Waals surface area contributed by atoms with Gasteiger partial charge in [-0.25, -0.2) is 0 Å². The predicted molar refractivity (Wildman–Crippen MR) is 140 cm³/mol. The van der Waals surface area contributed by atoms with Crippen LogP contribution in [0.3, 0.4) is 0 Å². The number of rotatable bonds is 6. The lowest BCUT2D eigenvalue weighted by Crippen LogP contribution is -2.47. The predicted octanol–water partition coefficient (Wildman–Crippen LogP) is 4.19. The number of hydrogen-bond donors (Lipinski definition) is 0. The molecule has 7 nitrogen and oxygen atoms in total. The van der Waals surface area contributed by atoms with Crippen LogP contribution in [0.25, 0.3) is 10.9 Å². The maximum atomic E-state index is 6.36.